The van der Waals surface area contributed by atoms with Crippen LogP contribution in [0.3, 0.4) is 0 Å². The van der Waals surface area contributed by atoms with Crippen LogP contribution in [0, 0.1) is 0 Å². The van der Waals surface area contributed by atoms with Crippen molar-refractivity contribution in [3.05, 3.63) is 59.5 Å². The van der Waals surface area contributed by atoms with E-state index in [9.17, 15) is 4.79 Å². The number of rotatable bonds is 5. The quantitative estimate of drug-likeness (QED) is 0.668. The van der Waals surface area contributed by atoms with Gasteiger partial charge in [0.05, 0.1) is 12.8 Å². The number of methoxy groups -OCH3 is 1. The van der Waals surface area contributed by atoms with Gasteiger partial charge in [0.1, 0.15) is 5.75 Å². The molecule has 0 fully saturated rings. The summed E-state index contributed by atoms with van der Waals surface area (Å²) in [7, 11) is 1.60. The average Bonchev–Trinajstić information content (AvgIpc) is 3.10. The van der Waals surface area contributed by atoms with Crippen LogP contribution in [0.25, 0.3) is 11.3 Å². The van der Waals surface area contributed by atoms with Crippen LogP contribution < -0.4 is 10.1 Å². The Labute approximate surface area is 148 Å². The molecule has 0 aliphatic carbocycles. The maximum Gasteiger partial charge on any atom is 0.257 e. The maximum absolute atomic E-state index is 12.3. The summed E-state index contributed by atoms with van der Waals surface area (Å²) >= 11 is 3.11. The highest BCUT2D eigenvalue weighted by molar-refractivity contribution is 7.98. The number of nitrogens with zero attached hydrogens (tertiary/aromatic N) is 1. The average molecular weight is 356 g/mol. The molecule has 6 heteroatoms. The first-order valence-corrected chi connectivity index (χ1v) is 9.35. The second kappa shape index (κ2) is 7.51. The molecule has 1 aromatic heterocycles. The number of thioether (sulfide) groups is 1. The van der Waals surface area contributed by atoms with Gasteiger partial charge in [-0.25, -0.2) is 4.98 Å². The van der Waals surface area contributed by atoms with E-state index < -0.39 is 0 Å². The Balaban J connectivity index is 1.71. The summed E-state index contributed by atoms with van der Waals surface area (Å²) in [5, 5.41) is 5.36. The lowest BCUT2D eigenvalue weighted by Gasteiger charge is -2.03. The Morgan fingerprint density at radius 3 is 2.46 bits per heavy atom. The van der Waals surface area contributed by atoms with Crippen molar-refractivity contribution in [2.45, 2.75) is 4.90 Å². The fraction of sp³-hybridized carbons (Fsp3) is 0.111. The monoisotopic (exact) mass is 356 g/mol. The number of carbonyl (C=O) groups excluding carboxylic acids is 1. The molecule has 122 valence electrons. The predicted octanol–water partition coefficient (Wildman–Crippen LogP) is 4.79. The van der Waals surface area contributed by atoms with Crippen LogP contribution in [-0.2, 0) is 0 Å². The summed E-state index contributed by atoms with van der Waals surface area (Å²) in [5.41, 5.74) is 2.46. The molecule has 0 aliphatic rings. The normalized spacial score (nSPS) is 10.4. The van der Waals surface area contributed by atoms with Gasteiger partial charge in [0.25, 0.3) is 5.91 Å². The van der Waals surface area contributed by atoms with E-state index in [4.69, 9.17) is 4.74 Å². The standard InChI is InChI=1S/C18H16N2O2S2/c1-22-14-7-3-13(4-8-14)17(21)20-18-19-16(11-24-18)12-5-9-15(23-2)10-6-12/h3-11H,1-2H3,(H,19,20,21). The predicted molar refractivity (Wildman–Crippen MR) is 100 cm³/mol. The summed E-state index contributed by atoms with van der Waals surface area (Å²) in [4.78, 5) is 18.0. The van der Waals surface area contributed by atoms with Gasteiger partial charge in [-0.2, -0.15) is 0 Å². The molecule has 2 aromatic carbocycles. The van der Waals surface area contributed by atoms with E-state index in [2.05, 4.69) is 22.4 Å². The first-order valence-electron chi connectivity index (χ1n) is 7.25. The number of hydrogen-bond donors (Lipinski definition) is 1. The molecular formula is C18H16N2O2S2. The number of amides is 1. The maximum atomic E-state index is 12.3. The SMILES string of the molecule is COc1ccc(C(=O)Nc2nc(-c3ccc(SC)cc3)cs2)cc1. The molecule has 0 atom stereocenters. The Morgan fingerprint density at radius 2 is 1.83 bits per heavy atom. The van der Waals surface area contributed by atoms with Crippen molar-refractivity contribution in [1.29, 1.82) is 0 Å². The van der Waals surface area contributed by atoms with Crippen LogP contribution in [-0.4, -0.2) is 24.3 Å². The second-order valence-electron chi connectivity index (χ2n) is 4.95. The van der Waals surface area contributed by atoms with Gasteiger partial charge in [-0.05, 0) is 42.7 Å². The Hall–Kier alpha value is -2.31. The zero-order valence-electron chi connectivity index (χ0n) is 13.3. The van der Waals surface area contributed by atoms with Gasteiger partial charge in [0.2, 0.25) is 0 Å². The Morgan fingerprint density at radius 1 is 1.12 bits per heavy atom. The van der Waals surface area contributed by atoms with Crippen molar-refractivity contribution in [3.63, 3.8) is 0 Å². The fourth-order valence-electron chi connectivity index (χ4n) is 2.14. The van der Waals surface area contributed by atoms with E-state index in [0.717, 1.165) is 17.0 Å². The first-order chi connectivity index (χ1) is 11.7. The number of anilines is 1. The van der Waals surface area contributed by atoms with Crippen molar-refractivity contribution in [3.8, 4) is 17.0 Å². The molecule has 1 N–H and O–H groups in total. The number of nitrogens with one attached hydrogen (secondary N) is 1. The third-order valence-electron chi connectivity index (χ3n) is 3.46. The Bertz CT molecular complexity index is 827. The summed E-state index contributed by atoms with van der Waals surface area (Å²) < 4.78 is 5.09. The molecular weight excluding hydrogens is 340 g/mol. The number of ether oxygens (including phenoxy) is 1. The molecule has 3 aromatic rings. The minimum absolute atomic E-state index is 0.184. The summed E-state index contributed by atoms with van der Waals surface area (Å²) in [6, 6.07) is 15.2. The largest absolute Gasteiger partial charge is 0.497 e. The molecule has 4 nitrogen and oxygen atoms in total. The topological polar surface area (TPSA) is 51.2 Å². The summed E-state index contributed by atoms with van der Waals surface area (Å²) in [6.07, 6.45) is 2.05. The molecule has 0 saturated carbocycles. The van der Waals surface area contributed by atoms with E-state index in [-0.39, 0.29) is 5.91 Å². The fourth-order valence-corrected chi connectivity index (χ4v) is 3.26. The van der Waals surface area contributed by atoms with Gasteiger partial charge in [0, 0.05) is 21.4 Å². The number of thiazole rings is 1. The van der Waals surface area contributed by atoms with Gasteiger partial charge in [-0.1, -0.05) is 12.1 Å². The van der Waals surface area contributed by atoms with E-state index in [1.54, 1.807) is 43.1 Å². The molecule has 1 heterocycles. The van der Waals surface area contributed by atoms with Crippen molar-refractivity contribution in [2.75, 3.05) is 18.7 Å². The van der Waals surface area contributed by atoms with E-state index in [0.29, 0.717) is 10.7 Å². The highest BCUT2D eigenvalue weighted by Gasteiger charge is 2.10. The smallest absolute Gasteiger partial charge is 0.257 e. The lowest BCUT2D eigenvalue weighted by molar-refractivity contribution is 0.102. The minimum atomic E-state index is -0.184. The van der Waals surface area contributed by atoms with Crippen LogP contribution in [0.4, 0.5) is 5.13 Å². The van der Waals surface area contributed by atoms with Crippen molar-refractivity contribution in [2.24, 2.45) is 0 Å². The van der Waals surface area contributed by atoms with Crippen LogP contribution in [0.5, 0.6) is 5.75 Å². The molecule has 0 radical (unpaired) electrons. The van der Waals surface area contributed by atoms with Gasteiger partial charge in [-0.3, -0.25) is 10.1 Å². The number of carbonyl (C=O) groups is 1. The lowest BCUT2D eigenvalue weighted by atomic mass is 10.2. The zero-order chi connectivity index (χ0) is 16.9. The molecule has 0 unspecified atom stereocenters. The van der Waals surface area contributed by atoms with Gasteiger partial charge >= 0.3 is 0 Å². The third kappa shape index (κ3) is 3.77. The van der Waals surface area contributed by atoms with Crippen molar-refractivity contribution in [1.82, 2.24) is 4.98 Å². The van der Waals surface area contributed by atoms with Gasteiger partial charge < -0.3 is 4.74 Å². The van der Waals surface area contributed by atoms with Crippen LogP contribution in [0.2, 0.25) is 0 Å². The third-order valence-corrected chi connectivity index (χ3v) is 4.96. The highest BCUT2D eigenvalue weighted by Crippen LogP contribution is 2.27. The number of aromatic nitrogens is 1. The van der Waals surface area contributed by atoms with Gasteiger partial charge in [-0.15, -0.1) is 23.1 Å². The number of benzene rings is 2. The van der Waals surface area contributed by atoms with E-state index in [1.165, 1.54) is 16.2 Å². The molecule has 1 amide bonds. The van der Waals surface area contributed by atoms with Gasteiger partial charge in [0.15, 0.2) is 5.13 Å². The second-order valence-corrected chi connectivity index (χ2v) is 6.69. The zero-order valence-corrected chi connectivity index (χ0v) is 14.9. The van der Waals surface area contributed by atoms with E-state index >= 15 is 0 Å². The molecule has 0 bridgehead atoms. The lowest BCUT2D eigenvalue weighted by Crippen LogP contribution is -2.11. The van der Waals surface area contributed by atoms with Crippen molar-refractivity contribution < 1.29 is 9.53 Å². The van der Waals surface area contributed by atoms with Crippen molar-refractivity contribution >= 4 is 34.1 Å². The van der Waals surface area contributed by atoms with Crippen LogP contribution in [0.1, 0.15) is 10.4 Å². The molecule has 0 aliphatic heterocycles. The minimum Gasteiger partial charge on any atom is -0.497 e. The molecule has 3 rings (SSSR count). The molecule has 0 saturated heterocycles. The summed E-state index contributed by atoms with van der Waals surface area (Å²) in [5.74, 6) is 0.535. The first kappa shape index (κ1) is 16.5. The Kier molecular flexibility index (Phi) is 5.17. The van der Waals surface area contributed by atoms with E-state index in [1.807, 2.05) is 23.8 Å². The highest BCUT2D eigenvalue weighted by atomic mass is 32.2. The van der Waals surface area contributed by atoms with Crippen LogP contribution >= 0.6 is 23.1 Å². The summed E-state index contributed by atoms with van der Waals surface area (Å²) in [6.45, 7) is 0. The number of hydrogen-bond acceptors (Lipinski definition) is 5. The van der Waals surface area contributed by atoms with Crippen LogP contribution in [0.15, 0.2) is 58.8 Å². The molecule has 24 heavy (non-hydrogen) atoms. The molecule has 0 spiro atoms.